The van der Waals surface area contributed by atoms with Crippen LogP contribution in [0.15, 0.2) is 0 Å². The van der Waals surface area contributed by atoms with Crippen molar-refractivity contribution in [1.29, 1.82) is 0 Å². The van der Waals surface area contributed by atoms with Gasteiger partial charge in [0.2, 0.25) is 0 Å². The molecule has 5 nitrogen and oxygen atoms in total. The molecule has 0 aromatic carbocycles. The van der Waals surface area contributed by atoms with Crippen molar-refractivity contribution in [3.8, 4) is 11.8 Å². The zero-order chi connectivity index (χ0) is 15.6. The van der Waals surface area contributed by atoms with Crippen LogP contribution < -0.4 is 0 Å². The zero-order valence-electron chi connectivity index (χ0n) is 12.0. The number of hydrogen-bond donors (Lipinski definition) is 0. The van der Waals surface area contributed by atoms with E-state index in [1.54, 1.807) is 0 Å². The number of alkyl halides is 1. The summed E-state index contributed by atoms with van der Waals surface area (Å²) in [5, 5.41) is 0.443. The average molecular weight is 347 g/mol. The summed E-state index contributed by atoms with van der Waals surface area (Å²) in [6.07, 6.45) is 0.871. The summed E-state index contributed by atoms with van der Waals surface area (Å²) in [7, 11) is 2.42. The lowest BCUT2D eigenvalue weighted by Gasteiger charge is -2.26. The first kappa shape index (κ1) is 18.7. The van der Waals surface area contributed by atoms with Crippen LogP contribution in [0.1, 0.15) is 32.6 Å². The molecular weight excluding hydrogens is 328 g/mol. The van der Waals surface area contributed by atoms with Gasteiger partial charge in [-0.25, -0.2) is 0 Å². The molecule has 0 rings (SSSR count). The Hall–Kier alpha value is -1.35. The third-order valence-corrected chi connectivity index (χ3v) is 3.15. The van der Waals surface area contributed by atoms with Gasteiger partial charge in [-0.05, 0) is 19.8 Å². The molecule has 0 aromatic rings. The molecule has 0 spiro atoms. The van der Waals surface area contributed by atoms with E-state index in [0.717, 1.165) is 0 Å². The third kappa shape index (κ3) is 5.33. The molecule has 0 amide bonds. The van der Waals surface area contributed by atoms with Gasteiger partial charge in [0.1, 0.15) is 5.78 Å². The van der Waals surface area contributed by atoms with E-state index < -0.39 is 17.4 Å². The summed E-state index contributed by atoms with van der Waals surface area (Å²) in [5.74, 6) is 4.14. The van der Waals surface area contributed by atoms with E-state index in [1.165, 1.54) is 21.1 Å². The van der Waals surface area contributed by atoms with Gasteiger partial charge in [0.05, 0.1) is 19.5 Å². The first-order valence-electron chi connectivity index (χ1n) is 6.12. The summed E-state index contributed by atoms with van der Waals surface area (Å²) in [6, 6.07) is 0. The largest absolute Gasteiger partial charge is 0.468 e. The summed E-state index contributed by atoms with van der Waals surface area (Å²) in [4.78, 5) is 35.0. The Morgan fingerprint density at radius 3 is 2.05 bits per heavy atom. The zero-order valence-corrected chi connectivity index (χ0v) is 13.5. The lowest BCUT2D eigenvalue weighted by atomic mass is 9.79. The van der Waals surface area contributed by atoms with Gasteiger partial charge in [0.25, 0.3) is 0 Å². The van der Waals surface area contributed by atoms with E-state index in [2.05, 4.69) is 27.8 Å². The molecule has 0 fully saturated rings. The number of methoxy groups -OCH3 is 2. The van der Waals surface area contributed by atoms with Crippen LogP contribution in [0.5, 0.6) is 0 Å². The van der Waals surface area contributed by atoms with Crippen molar-refractivity contribution in [1.82, 2.24) is 0 Å². The van der Waals surface area contributed by atoms with Crippen molar-refractivity contribution in [2.75, 3.05) is 19.5 Å². The van der Waals surface area contributed by atoms with E-state index >= 15 is 0 Å². The minimum absolute atomic E-state index is 0.000161. The lowest BCUT2D eigenvalue weighted by Crippen LogP contribution is -2.41. The van der Waals surface area contributed by atoms with Crippen LogP contribution in [-0.4, -0.2) is 37.3 Å². The Morgan fingerprint density at radius 1 is 1.10 bits per heavy atom. The van der Waals surface area contributed by atoms with Gasteiger partial charge in [-0.3, -0.25) is 9.59 Å². The minimum Gasteiger partial charge on any atom is -0.468 e. The molecule has 0 saturated carbocycles. The molecule has 0 aliphatic rings. The second-order valence-electron chi connectivity index (χ2n) is 4.28. The monoisotopic (exact) mass is 346 g/mol. The van der Waals surface area contributed by atoms with Crippen molar-refractivity contribution in [3.05, 3.63) is 0 Å². The van der Waals surface area contributed by atoms with Gasteiger partial charge < -0.3 is 14.3 Å². The van der Waals surface area contributed by atoms with Crippen molar-refractivity contribution < 1.29 is 23.9 Å². The second kappa shape index (κ2) is 9.54. The van der Waals surface area contributed by atoms with Crippen LogP contribution in [0.4, 0.5) is 0 Å². The minimum atomic E-state index is -1.46. The van der Waals surface area contributed by atoms with Crippen molar-refractivity contribution in [2.24, 2.45) is 5.41 Å². The normalized spacial score (nSPS) is 10.2. The fourth-order valence-corrected chi connectivity index (χ4v) is 2.01. The topological polar surface area (TPSA) is 69.7 Å². The molecule has 0 unspecified atom stereocenters. The van der Waals surface area contributed by atoms with Crippen LogP contribution in [0.25, 0.3) is 0 Å². The highest BCUT2D eigenvalue weighted by Gasteiger charge is 2.47. The number of carbonyl (C=O) groups excluding carboxylic acids is 3. The Morgan fingerprint density at radius 2 is 1.65 bits per heavy atom. The molecule has 0 aliphatic carbocycles. The van der Waals surface area contributed by atoms with Gasteiger partial charge >= 0.3 is 11.9 Å². The number of ketones is 1. The highest BCUT2D eigenvalue weighted by atomic mass is 79.9. The van der Waals surface area contributed by atoms with Crippen LogP contribution in [-0.2, 0) is 23.9 Å². The standard InChI is InChI=1S/C14H19BrO5/c1-11(16)7-6-9-14(12(17)19-2,13(18)20-3)8-4-5-10-15/h6-10H2,1-3H3. The predicted molar refractivity (Wildman–Crippen MR) is 77.2 cm³/mol. The smallest absolute Gasteiger partial charge is 0.324 e. The van der Waals surface area contributed by atoms with Crippen molar-refractivity contribution in [3.63, 3.8) is 0 Å². The third-order valence-electron chi connectivity index (χ3n) is 2.87. The fourth-order valence-electron chi connectivity index (χ4n) is 1.81. The van der Waals surface area contributed by atoms with Gasteiger partial charge in [-0.1, -0.05) is 21.9 Å². The molecule has 112 valence electrons. The number of hydrogen-bond acceptors (Lipinski definition) is 5. The van der Waals surface area contributed by atoms with Crippen LogP contribution in [0.3, 0.4) is 0 Å². The Kier molecular flexibility index (Phi) is 8.89. The molecule has 0 aliphatic heterocycles. The maximum Gasteiger partial charge on any atom is 0.324 e. The van der Waals surface area contributed by atoms with Gasteiger partial charge in [-0.15, -0.1) is 5.92 Å². The van der Waals surface area contributed by atoms with Gasteiger partial charge in [-0.2, -0.15) is 0 Å². The van der Waals surface area contributed by atoms with E-state index in [0.29, 0.717) is 18.2 Å². The summed E-state index contributed by atoms with van der Waals surface area (Å²) in [5.41, 5.74) is -1.46. The quantitative estimate of drug-likeness (QED) is 0.304. The molecule has 20 heavy (non-hydrogen) atoms. The SMILES string of the molecule is COC(=O)C(CC#CCBr)(CCCC(C)=O)C(=O)OC. The van der Waals surface area contributed by atoms with E-state index in [-0.39, 0.29) is 18.6 Å². The number of carbonyl (C=O) groups is 3. The van der Waals surface area contributed by atoms with E-state index in [9.17, 15) is 14.4 Å². The number of ether oxygens (including phenoxy) is 2. The van der Waals surface area contributed by atoms with Crippen LogP contribution >= 0.6 is 15.9 Å². The molecule has 0 N–H and O–H groups in total. The highest BCUT2D eigenvalue weighted by Crippen LogP contribution is 2.32. The molecule has 0 heterocycles. The maximum atomic E-state index is 12.0. The van der Waals surface area contributed by atoms with Crippen LogP contribution in [0, 0.1) is 17.3 Å². The number of Topliss-reactive ketones (excluding diaryl/α,β-unsaturated/α-hetero) is 1. The number of rotatable bonds is 7. The summed E-state index contributed by atoms with van der Waals surface area (Å²) < 4.78 is 9.45. The first-order valence-corrected chi connectivity index (χ1v) is 7.24. The Labute approximate surface area is 127 Å². The van der Waals surface area contributed by atoms with Gasteiger partial charge in [0, 0.05) is 12.8 Å². The maximum absolute atomic E-state index is 12.0. The highest BCUT2D eigenvalue weighted by molar-refractivity contribution is 9.09. The first-order chi connectivity index (χ1) is 9.44. The van der Waals surface area contributed by atoms with Crippen molar-refractivity contribution in [2.45, 2.75) is 32.6 Å². The molecule has 0 bridgehead atoms. The summed E-state index contributed by atoms with van der Waals surface area (Å²) in [6.45, 7) is 1.46. The Balaban J connectivity index is 5.25. The van der Waals surface area contributed by atoms with E-state index in [1.807, 2.05) is 0 Å². The number of esters is 2. The molecule has 6 heteroatoms. The van der Waals surface area contributed by atoms with E-state index in [4.69, 9.17) is 9.47 Å². The van der Waals surface area contributed by atoms with Crippen LogP contribution in [0.2, 0.25) is 0 Å². The Bertz CT molecular complexity index is 403. The molecule has 0 atom stereocenters. The second-order valence-corrected chi connectivity index (χ2v) is 4.85. The summed E-state index contributed by atoms with van der Waals surface area (Å²) >= 11 is 3.15. The molecule has 0 saturated heterocycles. The average Bonchev–Trinajstić information content (AvgIpc) is 2.43. The van der Waals surface area contributed by atoms with Gasteiger partial charge in [0.15, 0.2) is 5.41 Å². The van der Waals surface area contributed by atoms with Crippen molar-refractivity contribution >= 4 is 33.7 Å². The molecular formula is C14H19BrO5. The lowest BCUT2D eigenvalue weighted by molar-refractivity contribution is -0.169. The molecule has 0 radical (unpaired) electrons. The number of halogens is 1. The molecule has 0 aromatic heterocycles. The fraction of sp³-hybridized carbons (Fsp3) is 0.643. The predicted octanol–water partition coefficient (Wildman–Crippen LogP) is 1.87.